The molecule has 0 aliphatic carbocycles. The van der Waals surface area contributed by atoms with Crippen molar-refractivity contribution >= 4 is 23.4 Å². The molecule has 1 aromatic carbocycles. The molecule has 0 heterocycles. The zero-order chi connectivity index (χ0) is 13.2. The van der Waals surface area contributed by atoms with Crippen molar-refractivity contribution in [2.75, 3.05) is 7.11 Å². The van der Waals surface area contributed by atoms with E-state index in [0.29, 0.717) is 0 Å². The molecule has 0 aliphatic rings. The molecule has 0 aliphatic heterocycles. The standard InChI is InChI=1S/C10H7ClF2O4/c1-17-3-5-6(11)2-4(7(12)8(5)13)9(14)10(15)16/h2H,3H2,1H3,(H,15,16). The Morgan fingerprint density at radius 2 is 2.00 bits per heavy atom. The molecule has 0 unspecified atom stereocenters. The van der Waals surface area contributed by atoms with E-state index in [2.05, 4.69) is 4.74 Å². The third-order valence-corrected chi connectivity index (χ3v) is 2.32. The summed E-state index contributed by atoms with van der Waals surface area (Å²) in [6.07, 6.45) is 0. The number of halogens is 3. The van der Waals surface area contributed by atoms with E-state index in [1.165, 1.54) is 7.11 Å². The van der Waals surface area contributed by atoms with Crippen molar-refractivity contribution in [3.8, 4) is 0 Å². The average Bonchev–Trinajstić information content (AvgIpc) is 2.28. The molecule has 0 bridgehead atoms. The molecule has 92 valence electrons. The summed E-state index contributed by atoms with van der Waals surface area (Å²) in [5, 5.41) is 8.14. The van der Waals surface area contributed by atoms with Gasteiger partial charge in [0.1, 0.15) is 0 Å². The molecule has 17 heavy (non-hydrogen) atoms. The molecule has 0 amide bonds. The number of benzene rings is 1. The number of ketones is 1. The minimum Gasteiger partial charge on any atom is -0.475 e. The summed E-state index contributed by atoms with van der Waals surface area (Å²) in [7, 11) is 1.25. The highest BCUT2D eigenvalue weighted by molar-refractivity contribution is 6.40. The van der Waals surface area contributed by atoms with E-state index in [1.54, 1.807) is 0 Å². The number of hydrogen-bond donors (Lipinski definition) is 1. The molecule has 0 fully saturated rings. The number of hydrogen-bond acceptors (Lipinski definition) is 3. The summed E-state index contributed by atoms with van der Waals surface area (Å²) in [4.78, 5) is 21.4. The van der Waals surface area contributed by atoms with Gasteiger partial charge in [0.2, 0.25) is 0 Å². The van der Waals surface area contributed by atoms with Crippen molar-refractivity contribution in [3.63, 3.8) is 0 Å². The van der Waals surface area contributed by atoms with Crippen LogP contribution < -0.4 is 0 Å². The molecule has 4 nitrogen and oxygen atoms in total. The quantitative estimate of drug-likeness (QED) is 0.513. The second-order valence-electron chi connectivity index (χ2n) is 3.08. The van der Waals surface area contributed by atoms with Crippen LogP contribution in [0, 0.1) is 11.6 Å². The second kappa shape index (κ2) is 5.20. The van der Waals surface area contributed by atoms with Gasteiger partial charge in [-0.1, -0.05) is 11.6 Å². The van der Waals surface area contributed by atoms with Crippen LogP contribution in [0.2, 0.25) is 5.02 Å². The predicted octanol–water partition coefficient (Wildman–Crippen LogP) is 2.03. The summed E-state index contributed by atoms with van der Waals surface area (Å²) in [6, 6.07) is 0.769. The first-order chi connectivity index (χ1) is 7.90. The van der Waals surface area contributed by atoms with Gasteiger partial charge in [0.25, 0.3) is 5.78 Å². The van der Waals surface area contributed by atoms with Crippen LogP contribution >= 0.6 is 11.6 Å². The molecule has 0 radical (unpaired) electrons. The molecule has 0 saturated carbocycles. The van der Waals surface area contributed by atoms with Gasteiger partial charge in [0.15, 0.2) is 11.6 Å². The smallest absolute Gasteiger partial charge is 0.377 e. The van der Waals surface area contributed by atoms with Crippen LogP contribution in [-0.4, -0.2) is 24.0 Å². The number of aliphatic carboxylic acids is 1. The van der Waals surface area contributed by atoms with Crippen LogP contribution in [0.5, 0.6) is 0 Å². The van der Waals surface area contributed by atoms with Crippen LogP contribution in [0.4, 0.5) is 8.78 Å². The highest BCUT2D eigenvalue weighted by Crippen LogP contribution is 2.26. The highest BCUT2D eigenvalue weighted by Gasteiger charge is 2.25. The summed E-state index contributed by atoms with van der Waals surface area (Å²) >= 11 is 5.60. The topological polar surface area (TPSA) is 63.6 Å². The molecule has 1 N–H and O–H groups in total. The third kappa shape index (κ3) is 2.59. The van der Waals surface area contributed by atoms with E-state index in [0.717, 1.165) is 6.07 Å². The third-order valence-electron chi connectivity index (χ3n) is 1.98. The summed E-state index contributed by atoms with van der Waals surface area (Å²) in [5.74, 6) is -6.39. The van der Waals surface area contributed by atoms with E-state index in [9.17, 15) is 18.4 Å². The molecular weight excluding hydrogens is 258 g/mol. The van der Waals surface area contributed by atoms with E-state index in [4.69, 9.17) is 16.7 Å². The predicted molar refractivity (Wildman–Crippen MR) is 54.0 cm³/mol. The summed E-state index contributed by atoms with van der Waals surface area (Å²) < 4.78 is 31.5. The van der Waals surface area contributed by atoms with Gasteiger partial charge in [0, 0.05) is 17.7 Å². The molecule has 0 atom stereocenters. The van der Waals surface area contributed by atoms with Gasteiger partial charge in [-0.05, 0) is 6.07 Å². The summed E-state index contributed by atoms with van der Waals surface area (Å²) in [5.41, 5.74) is -1.19. The zero-order valence-electron chi connectivity index (χ0n) is 8.59. The van der Waals surface area contributed by atoms with Crippen molar-refractivity contribution in [3.05, 3.63) is 33.9 Å². The molecule has 0 spiro atoms. The lowest BCUT2D eigenvalue weighted by molar-refractivity contribution is -0.131. The number of Topliss-reactive ketones (excluding diaryl/α,β-unsaturated/α-hetero) is 1. The van der Waals surface area contributed by atoms with Crippen LogP contribution in [0.1, 0.15) is 15.9 Å². The van der Waals surface area contributed by atoms with Gasteiger partial charge < -0.3 is 9.84 Å². The fraction of sp³-hybridized carbons (Fsp3) is 0.200. The van der Waals surface area contributed by atoms with E-state index in [1.807, 2.05) is 0 Å². The molecular formula is C10H7ClF2O4. The van der Waals surface area contributed by atoms with Crippen molar-refractivity contribution < 1.29 is 28.2 Å². The van der Waals surface area contributed by atoms with Crippen molar-refractivity contribution in [2.24, 2.45) is 0 Å². The maximum Gasteiger partial charge on any atom is 0.377 e. The number of rotatable bonds is 4. The Balaban J connectivity index is 3.38. The second-order valence-corrected chi connectivity index (χ2v) is 3.49. The fourth-order valence-electron chi connectivity index (χ4n) is 1.19. The number of carbonyl (C=O) groups excluding carboxylic acids is 1. The fourth-order valence-corrected chi connectivity index (χ4v) is 1.44. The van der Waals surface area contributed by atoms with Gasteiger partial charge in [0.05, 0.1) is 12.2 Å². The lowest BCUT2D eigenvalue weighted by atomic mass is 10.1. The average molecular weight is 265 g/mol. The Hall–Kier alpha value is -1.53. The Morgan fingerprint density at radius 3 is 2.47 bits per heavy atom. The largest absolute Gasteiger partial charge is 0.475 e. The minimum atomic E-state index is -1.89. The number of ether oxygens (including phenoxy) is 1. The van der Waals surface area contributed by atoms with Gasteiger partial charge >= 0.3 is 5.97 Å². The number of carboxylic acid groups (broad SMARTS) is 1. The maximum absolute atomic E-state index is 13.4. The first-order valence-electron chi connectivity index (χ1n) is 4.33. The van der Waals surface area contributed by atoms with Crippen molar-refractivity contribution in [1.29, 1.82) is 0 Å². The maximum atomic E-state index is 13.4. The summed E-state index contributed by atoms with van der Waals surface area (Å²) in [6.45, 7) is -0.289. The molecule has 7 heteroatoms. The van der Waals surface area contributed by atoms with E-state index >= 15 is 0 Å². The number of carbonyl (C=O) groups is 2. The number of carboxylic acids is 1. The Bertz CT molecular complexity index is 488. The minimum absolute atomic E-state index is 0.268. The van der Waals surface area contributed by atoms with E-state index < -0.39 is 29.0 Å². The van der Waals surface area contributed by atoms with Crippen LogP contribution in [-0.2, 0) is 16.1 Å². The van der Waals surface area contributed by atoms with E-state index in [-0.39, 0.29) is 17.2 Å². The van der Waals surface area contributed by atoms with Crippen molar-refractivity contribution in [2.45, 2.75) is 6.61 Å². The molecule has 0 saturated heterocycles. The Morgan fingerprint density at radius 1 is 1.41 bits per heavy atom. The first kappa shape index (κ1) is 13.5. The highest BCUT2D eigenvalue weighted by atomic mass is 35.5. The van der Waals surface area contributed by atoms with Crippen molar-refractivity contribution in [1.82, 2.24) is 0 Å². The molecule has 1 aromatic rings. The Kier molecular flexibility index (Phi) is 4.14. The van der Waals surface area contributed by atoms with Crippen LogP contribution in [0.15, 0.2) is 6.07 Å². The lowest BCUT2D eigenvalue weighted by Gasteiger charge is -2.08. The SMILES string of the molecule is COCc1c(Cl)cc(C(=O)C(=O)O)c(F)c1F. The molecule has 0 aromatic heterocycles. The first-order valence-corrected chi connectivity index (χ1v) is 4.70. The van der Waals surface area contributed by atoms with Crippen LogP contribution in [0.3, 0.4) is 0 Å². The van der Waals surface area contributed by atoms with Crippen LogP contribution in [0.25, 0.3) is 0 Å². The lowest BCUT2D eigenvalue weighted by Crippen LogP contribution is -2.16. The van der Waals surface area contributed by atoms with Gasteiger partial charge in [-0.2, -0.15) is 0 Å². The number of methoxy groups -OCH3 is 1. The van der Waals surface area contributed by atoms with Gasteiger partial charge in [-0.15, -0.1) is 0 Å². The van der Waals surface area contributed by atoms with Gasteiger partial charge in [-0.25, -0.2) is 13.6 Å². The normalized spacial score (nSPS) is 10.4. The molecule has 1 rings (SSSR count). The monoisotopic (exact) mass is 264 g/mol. The zero-order valence-corrected chi connectivity index (χ0v) is 9.35. The Labute approximate surface area is 99.8 Å². The van der Waals surface area contributed by atoms with Gasteiger partial charge in [-0.3, -0.25) is 4.79 Å².